The SMILES string of the molecule is COC(=O)C(CC/C(=C\NC(=O)c1ccccc1)NC(=O)c1ccccc1)NC(=O)c1ccccc1. The van der Waals surface area contributed by atoms with E-state index >= 15 is 0 Å². The van der Waals surface area contributed by atoms with Gasteiger partial charge in [-0.2, -0.15) is 0 Å². The Labute approximate surface area is 209 Å². The number of carbonyl (C=O) groups excluding carboxylic acids is 4. The Morgan fingerprint density at radius 1 is 0.722 bits per heavy atom. The summed E-state index contributed by atoms with van der Waals surface area (Å²) < 4.78 is 4.86. The number of hydrogen-bond acceptors (Lipinski definition) is 5. The maximum Gasteiger partial charge on any atom is 0.328 e. The number of benzene rings is 3. The molecule has 0 heterocycles. The van der Waals surface area contributed by atoms with Crippen molar-refractivity contribution >= 4 is 23.7 Å². The van der Waals surface area contributed by atoms with Crippen LogP contribution in [0.1, 0.15) is 43.9 Å². The van der Waals surface area contributed by atoms with Gasteiger partial charge in [0.15, 0.2) is 0 Å². The predicted molar refractivity (Wildman–Crippen MR) is 135 cm³/mol. The van der Waals surface area contributed by atoms with Crippen LogP contribution in [0.15, 0.2) is 103 Å². The molecule has 0 fully saturated rings. The molecule has 0 radical (unpaired) electrons. The van der Waals surface area contributed by atoms with Gasteiger partial charge in [-0.15, -0.1) is 0 Å². The zero-order chi connectivity index (χ0) is 25.8. The molecule has 8 heteroatoms. The molecule has 184 valence electrons. The fourth-order valence-corrected chi connectivity index (χ4v) is 3.33. The Morgan fingerprint density at radius 3 is 1.69 bits per heavy atom. The first-order chi connectivity index (χ1) is 17.5. The minimum atomic E-state index is -0.968. The van der Waals surface area contributed by atoms with E-state index in [0.29, 0.717) is 22.4 Å². The summed E-state index contributed by atoms with van der Waals surface area (Å²) in [5.74, 6) is -1.79. The molecule has 3 aromatic rings. The zero-order valence-electron chi connectivity index (χ0n) is 19.8. The van der Waals surface area contributed by atoms with E-state index in [1.165, 1.54) is 13.3 Å². The van der Waals surface area contributed by atoms with Gasteiger partial charge in [-0.25, -0.2) is 4.79 Å². The van der Waals surface area contributed by atoms with Crippen LogP contribution in [0.5, 0.6) is 0 Å². The second kappa shape index (κ2) is 13.2. The monoisotopic (exact) mass is 485 g/mol. The number of hydrogen-bond donors (Lipinski definition) is 3. The predicted octanol–water partition coefficient (Wildman–Crippen LogP) is 3.44. The lowest BCUT2D eigenvalue weighted by Crippen LogP contribution is -2.42. The van der Waals surface area contributed by atoms with Crippen LogP contribution in [0.25, 0.3) is 0 Å². The van der Waals surface area contributed by atoms with Crippen molar-refractivity contribution in [3.8, 4) is 0 Å². The van der Waals surface area contributed by atoms with Gasteiger partial charge >= 0.3 is 5.97 Å². The van der Waals surface area contributed by atoms with E-state index in [9.17, 15) is 19.2 Å². The van der Waals surface area contributed by atoms with Gasteiger partial charge in [0.2, 0.25) is 0 Å². The average Bonchev–Trinajstić information content (AvgIpc) is 2.94. The number of esters is 1. The second-order valence-electron chi connectivity index (χ2n) is 7.78. The molecule has 36 heavy (non-hydrogen) atoms. The van der Waals surface area contributed by atoms with Gasteiger partial charge in [-0.3, -0.25) is 14.4 Å². The van der Waals surface area contributed by atoms with Crippen molar-refractivity contribution in [3.05, 3.63) is 120 Å². The highest BCUT2D eigenvalue weighted by Crippen LogP contribution is 2.10. The van der Waals surface area contributed by atoms with Crippen molar-refractivity contribution in [1.29, 1.82) is 0 Å². The fraction of sp³-hybridized carbons (Fsp3) is 0.143. The molecule has 1 atom stereocenters. The van der Waals surface area contributed by atoms with E-state index in [1.807, 2.05) is 0 Å². The lowest BCUT2D eigenvalue weighted by Gasteiger charge is -2.18. The van der Waals surface area contributed by atoms with Crippen molar-refractivity contribution in [3.63, 3.8) is 0 Å². The van der Waals surface area contributed by atoms with Crippen LogP contribution in [-0.4, -0.2) is 36.8 Å². The molecule has 0 aliphatic heterocycles. The Bertz CT molecular complexity index is 1210. The summed E-state index contributed by atoms with van der Waals surface area (Å²) >= 11 is 0. The molecular weight excluding hydrogens is 458 g/mol. The molecule has 3 aromatic carbocycles. The molecule has 0 aliphatic rings. The van der Waals surface area contributed by atoms with E-state index in [0.717, 1.165) is 0 Å². The van der Waals surface area contributed by atoms with Gasteiger partial charge < -0.3 is 20.7 Å². The summed E-state index contributed by atoms with van der Waals surface area (Å²) in [6.07, 6.45) is 1.67. The number of methoxy groups -OCH3 is 1. The summed E-state index contributed by atoms with van der Waals surface area (Å²) in [5.41, 5.74) is 1.63. The lowest BCUT2D eigenvalue weighted by molar-refractivity contribution is -0.143. The lowest BCUT2D eigenvalue weighted by atomic mass is 10.1. The third-order valence-corrected chi connectivity index (χ3v) is 5.25. The molecule has 0 saturated heterocycles. The summed E-state index contributed by atoms with van der Waals surface area (Å²) in [5, 5.41) is 8.12. The average molecular weight is 486 g/mol. The molecule has 0 aliphatic carbocycles. The first-order valence-electron chi connectivity index (χ1n) is 11.3. The van der Waals surface area contributed by atoms with Crippen molar-refractivity contribution in [2.24, 2.45) is 0 Å². The maximum atomic E-state index is 12.7. The molecule has 8 nitrogen and oxygen atoms in total. The maximum absolute atomic E-state index is 12.7. The Morgan fingerprint density at radius 2 is 1.19 bits per heavy atom. The highest BCUT2D eigenvalue weighted by atomic mass is 16.5. The minimum absolute atomic E-state index is 0.118. The molecule has 1 unspecified atom stereocenters. The van der Waals surface area contributed by atoms with Crippen molar-refractivity contribution < 1.29 is 23.9 Å². The Balaban J connectivity index is 1.75. The van der Waals surface area contributed by atoms with E-state index in [1.54, 1.807) is 91.0 Å². The first kappa shape index (κ1) is 25.9. The van der Waals surface area contributed by atoms with Crippen molar-refractivity contribution in [2.45, 2.75) is 18.9 Å². The van der Waals surface area contributed by atoms with Crippen LogP contribution in [0.3, 0.4) is 0 Å². The number of ether oxygens (including phenoxy) is 1. The van der Waals surface area contributed by atoms with Gasteiger partial charge in [0, 0.05) is 28.6 Å². The number of nitrogens with one attached hydrogen (secondary N) is 3. The van der Waals surface area contributed by atoms with E-state index in [2.05, 4.69) is 16.0 Å². The van der Waals surface area contributed by atoms with Crippen molar-refractivity contribution in [1.82, 2.24) is 16.0 Å². The van der Waals surface area contributed by atoms with E-state index in [4.69, 9.17) is 4.74 Å². The first-order valence-corrected chi connectivity index (χ1v) is 11.3. The topological polar surface area (TPSA) is 114 Å². The van der Waals surface area contributed by atoms with Crippen LogP contribution < -0.4 is 16.0 Å². The summed E-state index contributed by atoms with van der Waals surface area (Å²) in [6.45, 7) is 0. The largest absolute Gasteiger partial charge is 0.467 e. The molecule has 3 rings (SSSR count). The third kappa shape index (κ3) is 7.66. The number of carbonyl (C=O) groups is 4. The molecule has 3 amide bonds. The fourth-order valence-electron chi connectivity index (χ4n) is 3.33. The highest BCUT2D eigenvalue weighted by Gasteiger charge is 2.23. The molecular formula is C28H27N3O5. The normalized spacial score (nSPS) is 11.6. The van der Waals surface area contributed by atoms with Crippen LogP contribution in [0, 0.1) is 0 Å². The molecule has 0 spiro atoms. The standard InChI is InChI=1S/C28H27N3O5/c1-36-28(35)24(31-27(34)22-15-9-4-10-16-22)18-17-23(30-26(33)21-13-7-3-8-14-21)19-29-25(32)20-11-5-2-6-12-20/h2-16,19,24H,17-18H2,1H3,(H,29,32)(H,30,33)(H,31,34)/b23-19+. The molecule has 3 N–H and O–H groups in total. The van der Waals surface area contributed by atoms with Crippen LogP contribution in [0.4, 0.5) is 0 Å². The number of allylic oxidation sites excluding steroid dienone is 1. The van der Waals surface area contributed by atoms with Crippen molar-refractivity contribution in [2.75, 3.05) is 7.11 Å². The Hall–Kier alpha value is -4.72. The molecule has 0 aromatic heterocycles. The van der Waals surface area contributed by atoms with E-state index in [-0.39, 0.29) is 24.7 Å². The van der Waals surface area contributed by atoms with Gasteiger partial charge in [-0.1, -0.05) is 54.6 Å². The third-order valence-electron chi connectivity index (χ3n) is 5.25. The smallest absolute Gasteiger partial charge is 0.328 e. The molecule has 0 saturated carbocycles. The van der Waals surface area contributed by atoms with E-state index < -0.39 is 17.9 Å². The Kier molecular flexibility index (Phi) is 9.52. The quantitative estimate of drug-likeness (QED) is 0.381. The van der Waals surface area contributed by atoms with Crippen LogP contribution >= 0.6 is 0 Å². The van der Waals surface area contributed by atoms with Gasteiger partial charge in [0.25, 0.3) is 17.7 Å². The van der Waals surface area contributed by atoms with Crippen LogP contribution in [-0.2, 0) is 9.53 Å². The summed E-state index contributed by atoms with van der Waals surface area (Å²) in [4.78, 5) is 50.2. The second-order valence-corrected chi connectivity index (χ2v) is 7.78. The van der Waals surface area contributed by atoms with Gasteiger partial charge in [0.05, 0.1) is 7.11 Å². The number of amides is 3. The number of rotatable bonds is 10. The van der Waals surface area contributed by atoms with Gasteiger partial charge in [0.1, 0.15) is 6.04 Å². The van der Waals surface area contributed by atoms with Crippen LogP contribution in [0.2, 0.25) is 0 Å². The summed E-state index contributed by atoms with van der Waals surface area (Å²) in [7, 11) is 1.23. The summed E-state index contributed by atoms with van der Waals surface area (Å²) in [6, 6.07) is 24.7. The minimum Gasteiger partial charge on any atom is -0.467 e. The zero-order valence-corrected chi connectivity index (χ0v) is 19.8. The molecule has 0 bridgehead atoms. The van der Waals surface area contributed by atoms with Gasteiger partial charge in [-0.05, 0) is 49.2 Å². The highest BCUT2D eigenvalue weighted by molar-refractivity contribution is 5.97.